The van der Waals surface area contributed by atoms with Crippen molar-refractivity contribution in [1.82, 2.24) is 10.5 Å². The van der Waals surface area contributed by atoms with Crippen molar-refractivity contribution in [2.45, 2.75) is 26.4 Å². The molecule has 0 saturated carbocycles. The van der Waals surface area contributed by atoms with Crippen molar-refractivity contribution in [3.63, 3.8) is 0 Å². The predicted octanol–water partition coefficient (Wildman–Crippen LogP) is 2.12. The van der Waals surface area contributed by atoms with Crippen LogP contribution in [0.15, 0.2) is 33.4 Å². The highest BCUT2D eigenvalue weighted by atomic mass is 16.5. The van der Waals surface area contributed by atoms with Gasteiger partial charge in [0.15, 0.2) is 0 Å². The summed E-state index contributed by atoms with van der Waals surface area (Å²) in [6.45, 7) is 3.48. The molecule has 0 amide bonds. The maximum atomic E-state index is 5.55. The van der Waals surface area contributed by atoms with Crippen molar-refractivity contribution >= 4 is 0 Å². The van der Waals surface area contributed by atoms with E-state index in [4.69, 9.17) is 8.94 Å². The summed E-state index contributed by atoms with van der Waals surface area (Å²) in [5.74, 6) is 1.98. The molecule has 2 aromatic rings. The van der Waals surface area contributed by atoms with E-state index in [1.807, 2.05) is 18.2 Å². The van der Waals surface area contributed by atoms with Gasteiger partial charge in [0.05, 0.1) is 12.2 Å². The van der Waals surface area contributed by atoms with Gasteiger partial charge in [0.2, 0.25) is 0 Å². The van der Waals surface area contributed by atoms with Gasteiger partial charge in [-0.05, 0) is 12.1 Å². The summed E-state index contributed by atoms with van der Waals surface area (Å²) in [6, 6.07) is 5.84. The molecule has 0 bridgehead atoms. The van der Waals surface area contributed by atoms with Gasteiger partial charge in [-0.3, -0.25) is 0 Å². The van der Waals surface area contributed by atoms with E-state index in [1.54, 1.807) is 6.26 Å². The largest absolute Gasteiger partial charge is 0.465 e. The first kappa shape index (κ1) is 9.98. The molecular formula is C11H14N2O2. The molecule has 2 heterocycles. The fourth-order valence-electron chi connectivity index (χ4n) is 1.35. The number of nitrogens with one attached hydrogen (secondary N) is 1. The van der Waals surface area contributed by atoms with Gasteiger partial charge < -0.3 is 14.3 Å². The number of hydrogen-bond donors (Lipinski definition) is 1. The van der Waals surface area contributed by atoms with Crippen LogP contribution in [0.3, 0.4) is 0 Å². The Morgan fingerprint density at radius 2 is 2.07 bits per heavy atom. The number of hydrogen-bond acceptors (Lipinski definition) is 4. The zero-order valence-electron chi connectivity index (χ0n) is 8.69. The van der Waals surface area contributed by atoms with Crippen molar-refractivity contribution in [2.24, 2.45) is 0 Å². The van der Waals surface area contributed by atoms with E-state index in [9.17, 15) is 0 Å². The number of furan rings is 1. The van der Waals surface area contributed by atoms with Crippen LogP contribution in [-0.4, -0.2) is 5.16 Å². The minimum absolute atomic E-state index is 0.693. The molecule has 0 atom stereocenters. The summed E-state index contributed by atoms with van der Waals surface area (Å²) in [7, 11) is 0. The molecule has 0 aliphatic heterocycles. The number of aryl methyl sites for hydroxylation is 1. The maximum absolute atomic E-state index is 5.55. The lowest BCUT2D eigenvalue weighted by Gasteiger charge is -1.98. The Bertz CT molecular complexity index is 392. The van der Waals surface area contributed by atoms with Gasteiger partial charge in [-0.15, -0.1) is 0 Å². The summed E-state index contributed by atoms with van der Waals surface area (Å²) in [5, 5.41) is 7.03. The second-order valence-corrected chi connectivity index (χ2v) is 3.32. The normalized spacial score (nSPS) is 10.7. The monoisotopic (exact) mass is 206 g/mol. The molecule has 4 nitrogen and oxygen atoms in total. The Balaban J connectivity index is 1.78. The number of aromatic nitrogens is 1. The van der Waals surface area contributed by atoms with Crippen LogP contribution in [0.25, 0.3) is 0 Å². The third-order valence-electron chi connectivity index (χ3n) is 2.16. The SMILES string of the molecule is CCc1ccc(CNCc2ccon2)o1. The predicted molar refractivity (Wildman–Crippen MR) is 55.1 cm³/mol. The van der Waals surface area contributed by atoms with Gasteiger partial charge in [-0.1, -0.05) is 12.1 Å². The molecule has 0 aromatic carbocycles. The Morgan fingerprint density at radius 1 is 1.20 bits per heavy atom. The van der Waals surface area contributed by atoms with E-state index in [1.165, 1.54) is 0 Å². The maximum Gasteiger partial charge on any atom is 0.124 e. The highest BCUT2D eigenvalue weighted by Crippen LogP contribution is 2.08. The molecule has 0 radical (unpaired) electrons. The van der Waals surface area contributed by atoms with E-state index in [2.05, 4.69) is 17.4 Å². The first-order valence-electron chi connectivity index (χ1n) is 5.06. The van der Waals surface area contributed by atoms with Gasteiger partial charge in [-0.2, -0.15) is 0 Å². The standard InChI is InChI=1S/C11H14N2O2/c1-2-10-3-4-11(15-10)8-12-7-9-5-6-14-13-9/h3-6,12H,2,7-8H2,1H3. The van der Waals surface area contributed by atoms with Crippen LogP contribution in [0.5, 0.6) is 0 Å². The van der Waals surface area contributed by atoms with Gasteiger partial charge in [0.25, 0.3) is 0 Å². The van der Waals surface area contributed by atoms with Gasteiger partial charge >= 0.3 is 0 Å². The van der Waals surface area contributed by atoms with Gasteiger partial charge in [0.1, 0.15) is 17.8 Å². The zero-order valence-corrected chi connectivity index (χ0v) is 8.69. The lowest BCUT2D eigenvalue weighted by molar-refractivity contribution is 0.405. The molecule has 0 aliphatic carbocycles. The van der Waals surface area contributed by atoms with Crippen LogP contribution in [-0.2, 0) is 19.5 Å². The van der Waals surface area contributed by atoms with Crippen molar-refractivity contribution in [1.29, 1.82) is 0 Å². The Labute approximate surface area is 88.3 Å². The van der Waals surface area contributed by atoms with E-state index < -0.39 is 0 Å². The lowest BCUT2D eigenvalue weighted by Crippen LogP contribution is -2.12. The number of rotatable bonds is 5. The molecule has 2 rings (SSSR count). The molecular weight excluding hydrogens is 192 g/mol. The molecule has 2 aromatic heterocycles. The molecule has 0 aliphatic rings. The summed E-state index contributed by atoms with van der Waals surface area (Å²) in [6.07, 6.45) is 2.50. The van der Waals surface area contributed by atoms with E-state index in [0.29, 0.717) is 13.1 Å². The summed E-state index contributed by atoms with van der Waals surface area (Å²) in [5.41, 5.74) is 0.900. The molecule has 15 heavy (non-hydrogen) atoms. The fourth-order valence-corrected chi connectivity index (χ4v) is 1.35. The van der Waals surface area contributed by atoms with Crippen molar-refractivity contribution in [3.05, 3.63) is 41.7 Å². The lowest BCUT2D eigenvalue weighted by atomic mass is 10.3. The average molecular weight is 206 g/mol. The van der Waals surface area contributed by atoms with E-state index in [-0.39, 0.29) is 0 Å². The summed E-state index contributed by atoms with van der Waals surface area (Å²) < 4.78 is 10.3. The molecule has 1 N–H and O–H groups in total. The fraction of sp³-hybridized carbons (Fsp3) is 0.364. The van der Waals surface area contributed by atoms with Crippen LogP contribution in [0.1, 0.15) is 24.1 Å². The summed E-state index contributed by atoms with van der Waals surface area (Å²) in [4.78, 5) is 0. The average Bonchev–Trinajstić information content (AvgIpc) is 2.88. The van der Waals surface area contributed by atoms with Crippen LogP contribution in [0.2, 0.25) is 0 Å². The van der Waals surface area contributed by atoms with Crippen LogP contribution >= 0.6 is 0 Å². The van der Waals surface area contributed by atoms with Crippen LogP contribution in [0, 0.1) is 0 Å². The first-order chi connectivity index (χ1) is 7.38. The quantitative estimate of drug-likeness (QED) is 0.814. The van der Waals surface area contributed by atoms with Crippen LogP contribution in [0.4, 0.5) is 0 Å². The Hall–Kier alpha value is -1.55. The molecule has 80 valence electrons. The topological polar surface area (TPSA) is 51.2 Å². The van der Waals surface area contributed by atoms with E-state index in [0.717, 1.165) is 23.6 Å². The van der Waals surface area contributed by atoms with Crippen molar-refractivity contribution in [2.75, 3.05) is 0 Å². The third-order valence-corrected chi connectivity index (χ3v) is 2.16. The molecule has 0 spiro atoms. The third kappa shape index (κ3) is 2.70. The van der Waals surface area contributed by atoms with Crippen LogP contribution < -0.4 is 5.32 Å². The van der Waals surface area contributed by atoms with Gasteiger partial charge in [0, 0.05) is 19.0 Å². The van der Waals surface area contributed by atoms with Crippen molar-refractivity contribution < 1.29 is 8.94 Å². The molecule has 0 saturated heterocycles. The zero-order chi connectivity index (χ0) is 10.5. The Kier molecular flexibility index (Phi) is 3.19. The number of nitrogens with zero attached hydrogens (tertiary/aromatic N) is 1. The molecule has 0 unspecified atom stereocenters. The minimum atomic E-state index is 0.693. The second kappa shape index (κ2) is 4.79. The first-order valence-corrected chi connectivity index (χ1v) is 5.06. The highest BCUT2D eigenvalue weighted by molar-refractivity contribution is 5.07. The molecule has 4 heteroatoms. The highest BCUT2D eigenvalue weighted by Gasteiger charge is 2.00. The Morgan fingerprint density at radius 3 is 2.73 bits per heavy atom. The smallest absolute Gasteiger partial charge is 0.124 e. The second-order valence-electron chi connectivity index (χ2n) is 3.32. The van der Waals surface area contributed by atoms with Gasteiger partial charge in [-0.25, -0.2) is 0 Å². The minimum Gasteiger partial charge on any atom is -0.465 e. The van der Waals surface area contributed by atoms with Crippen molar-refractivity contribution in [3.8, 4) is 0 Å². The summed E-state index contributed by atoms with van der Waals surface area (Å²) >= 11 is 0. The van der Waals surface area contributed by atoms with E-state index >= 15 is 0 Å². The molecule has 0 fully saturated rings.